The molecule has 0 aromatic carbocycles. The molecular formula is C17H36N4O2. The van der Waals surface area contributed by atoms with Gasteiger partial charge in [0.2, 0.25) is 0 Å². The molecule has 0 amide bonds. The van der Waals surface area contributed by atoms with Crippen LogP contribution in [0.5, 0.6) is 0 Å². The zero-order valence-electron chi connectivity index (χ0n) is 15.5. The summed E-state index contributed by atoms with van der Waals surface area (Å²) >= 11 is 0. The topological polar surface area (TPSA) is 49.3 Å². The quantitative estimate of drug-likeness (QED) is 0.373. The van der Waals surface area contributed by atoms with E-state index >= 15 is 0 Å². The van der Waals surface area contributed by atoms with Crippen LogP contribution < -0.4 is 5.32 Å². The van der Waals surface area contributed by atoms with Crippen LogP contribution in [0.2, 0.25) is 0 Å². The van der Waals surface area contributed by atoms with E-state index in [1.54, 1.807) is 7.11 Å². The van der Waals surface area contributed by atoms with E-state index in [4.69, 9.17) is 14.5 Å². The fraction of sp³-hybridized carbons (Fsp3) is 0.941. The zero-order valence-corrected chi connectivity index (χ0v) is 15.5. The van der Waals surface area contributed by atoms with Gasteiger partial charge in [0.05, 0.1) is 12.7 Å². The van der Waals surface area contributed by atoms with Crippen LogP contribution in [0.15, 0.2) is 4.99 Å². The van der Waals surface area contributed by atoms with Gasteiger partial charge in [0, 0.05) is 46.4 Å². The molecule has 6 heteroatoms. The SMILES string of the molecule is CCNC(=NCCCN(C)CCOC)N1CCC(OCC)CC1. The molecule has 0 radical (unpaired) electrons. The van der Waals surface area contributed by atoms with E-state index in [2.05, 4.69) is 36.0 Å². The van der Waals surface area contributed by atoms with Crippen molar-refractivity contribution in [3.63, 3.8) is 0 Å². The number of likely N-dealkylation sites (N-methyl/N-ethyl adjacent to an activating group) is 1. The third-order valence-corrected chi connectivity index (χ3v) is 4.12. The number of nitrogens with zero attached hydrogens (tertiary/aromatic N) is 3. The molecule has 1 saturated heterocycles. The lowest BCUT2D eigenvalue weighted by atomic mass is 10.1. The van der Waals surface area contributed by atoms with Crippen LogP contribution in [0.4, 0.5) is 0 Å². The van der Waals surface area contributed by atoms with Crippen molar-refractivity contribution in [3.05, 3.63) is 0 Å². The predicted molar refractivity (Wildman–Crippen MR) is 96.2 cm³/mol. The van der Waals surface area contributed by atoms with Gasteiger partial charge in [0.15, 0.2) is 5.96 Å². The molecule has 1 N–H and O–H groups in total. The van der Waals surface area contributed by atoms with E-state index < -0.39 is 0 Å². The average Bonchev–Trinajstić information content (AvgIpc) is 2.57. The van der Waals surface area contributed by atoms with Crippen LogP contribution in [0.1, 0.15) is 33.1 Å². The number of hydrogen-bond acceptors (Lipinski definition) is 4. The first-order chi connectivity index (χ1) is 11.2. The Morgan fingerprint density at radius 3 is 2.61 bits per heavy atom. The molecule has 0 atom stereocenters. The molecule has 0 aliphatic carbocycles. The van der Waals surface area contributed by atoms with Gasteiger partial charge in [-0.2, -0.15) is 0 Å². The summed E-state index contributed by atoms with van der Waals surface area (Å²) in [6, 6.07) is 0. The minimum Gasteiger partial charge on any atom is -0.383 e. The Balaban J connectivity index is 2.33. The van der Waals surface area contributed by atoms with Crippen molar-refractivity contribution in [1.29, 1.82) is 0 Å². The number of ether oxygens (including phenoxy) is 2. The Bertz CT molecular complexity index is 318. The maximum Gasteiger partial charge on any atom is 0.193 e. The third kappa shape index (κ3) is 8.53. The highest BCUT2D eigenvalue weighted by Gasteiger charge is 2.21. The molecule has 1 rings (SSSR count). The van der Waals surface area contributed by atoms with Crippen molar-refractivity contribution in [2.24, 2.45) is 4.99 Å². The van der Waals surface area contributed by atoms with Gasteiger partial charge in [0.25, 0.3) is 0 Å². The van der Waals surface area contributed by atoms with Crippen LogP contribution in [-0.2, 0) is 9.47 Å². The number of methoxy groups -OCH3 is 1. The Morgan fingerprint density at radius 2 is 2.00 bits per heavy atom. The van der Waals surface area contributed by atoms with Gasteiger partial charge in [-0.15, -0.1) is 0 Å². The lowest BCUT2D eigenvalue weighted by Crippen LogP contribution is -2.47. The number of likely N-dealkylation sites (tertiary alicyclic amines) is 1. The van der Waals surface area contributed by atoms with Crippen LogP contribution >= 0.6 is 0 Å². The minimum atomic E-state index is 0.425. The molecule has 1 heterocycles. The van der Waals surface area contributed by atoms with Crippen LogP contribution in [0.3, 0.4) is 0 Å². The number of rotatable bonds is 10. The maximum atomic E-state index is 5.73. The van der Waals surface area contributed by atoms with Crippen LogP contribution in [-0.4, -0.2) is 88.5 Å². The molecule has 6 nitrogen and oxygen atoms in total. The molecule has 0 aromatic rings. The largest absolute Gasteiger partial charge is 0.383 e. The first-order valence-electron chi connectivity index (χ1n) is 9.03. The summed E-state index contributed by atoms with van der Waals surface area (Å²) in [5.41, 5.74) is 0. The standard InChI is InChI=1S/C17H36N4O2/c1-5-18-17(19-10-7-11-20(3)14-15-22-4)21-12-8-16(9-13-21)23-6-2/h16H,5-15H2,1-4H3,(H,18,19). The van der Waals surface area contributed by atoms with Gasteiger partial charge >= 0.3 is 0 Å². The van der Waals surface area contributed by atoms with Gasteiger partial charge in [-0.3, -0.25) is 4.99 Å². The van der Waals surface area contributed by atoms with Crippen LogP contribution in [0.25, 0.3) is 0 Å². The summed E-state index contributed by atoms with van der Waals surface area (Å²) in [5.74, 6) is 1.06. The Labute approximate surface area is 142 Å². The summed E-state index contributed by atoms with van der Waals surface area (Å²) < 4.78 is 10.8. The van der Waals surface area contributed by atoms with Gasteiger partial charge in [0.1, 0.15) is 0 Å². The summed E-state index contributed by atoms with van der Waals surface area (Å²) in [7, 11) is 3.88. The van der Waals surface area contributed by atoms with Gasteiger partial charge in [-0.25, -0.2) is 0 Å². The van der Waals surface area contributed by atoms with Gasteiger partial charge in [-0.05, 0) is 46.7 Å². The first-order valence-corrected chi connectivity index (χ1v) is 9.03. The summed E-state index contributed by atoms with van der Waals surface area (Å²) in [6.45, 7) is 11.7. The Hall–Kier alpha value is -0.850. The molecule has 0 aromatic heterocycles. The Morgan fingerprint density at radius 1 is 1.26 bits per heavy atom. The summed E-state index contributed by atoms with van der Waals surface area (Å²) in [5, 5.41) is 3.42. The van der Waals surface area contributed by atoms with E-state index in [1.165, 1.54) is 0 Å². The van der Waals surface area contributed by atoms with Crippen LogP contribution in [0, 0.1) is 0 Å². The van der Waals surface area contributed by atoms with Crippen molar-refractivity contribution in [3.8, 4) is 0 Å². The highest BCUT2D eigenvalue weighted by atomic mass is 16.5. The number of guanidine groups is 1. The van der Waals surface area contributed by atoms with Gasteiger partial charge < -0.3 is 24.6 Å². The average molecular weight is 329 g/mol. The highest BCUT2D eigenvalue weighted by Crippen LogP contribution is 2.13. The predicted octanol–water partition coefficient (Wildman–Crippen LogP) is 1.42. The molecule has 1 fully saturated rings. The molecular weight excluding hydrogens is 292 g/mol. The molecule has 0 unspecified atom stereocenters. The molecule has 136 valence electrons. The first kappa shape index (κ1) is 20.2. The van der Waals surface area contributed by atoms with Gasteiger partial charge in [-0.1, -0.05) is 0 Å². The van der Waals surface area contributed by atoms with Crippen molar-refractivity contribution in [2.75, 3.05) is 66.6 Å². The second kappa shape index (κ2) is 12.6. The number of nitrogens with one attached hydrogen (secondary N) is 1. The highest BCUT2D eigenvalue weighted by molar-refractivity contribution is 5.80. The smallest absolute Gasteiger partial charge is 0.193 e. The molecule has 0 bridgehead atoms. The molecule has 23 heavy (non-hydrogen) atoms. The van der Waals surface area contributed by atoms with E-state index in [0.29, 0.717) is 6.10 Å². The zero-order chi connectivity index (χ0) is 16.9. The van der Waals surface area contributed by atoms with E-state index in [-0.39, 0.29) is 0 Å². The van der Waals surface area contributed by atoms with Crippen molar-refractivity contribution in [1.82, 2.24) is 15.1 Å². The molecule has 1 aliphatic rings. The summed E-state index contributed by atoms with van der Waals surface area (Å²) in [6.07, 6.45) is 3.69. The number of piperidine rings is 1. The molecule has 0 spiro atoms. The lowest BCUT2D eigenvalue weighted by molar-refractivity contribution is 0.0264. The monoisotopic (exact) mass is 328 g/mol. The van der Waals surface area contributed by atoms with E-state index in [0.717, 1.165) is 77.7 Å². The number of aliphatic imine (C=N–C) groups is 1. The second-order valence-electron chi connectivity index (χ2n) is 6.03. The van der Waals surface area contributed by atoms with Crippen molar-refractivity contribution in [2.45, 2.75) is 39.2 Å². The van der Waals surface area contributed by atoms with E-state index in [1.807, 2.05) is 0 Å². The lowest BCUT2D eigenvalue weighted by Gasteiger charge is -2.34. The number of hydrogen-bond donors (Lipinski definition) is 1. The normalized spacial score (nSPS) is 17.1. The second-order valence-corrected chi connectivity index (χ2v) is 6.03. The third-order valence-electron chi connectivity index (χ3n) is 4.12. The molecule has 0 saturated carbocycles. The fourth-order valence-electron chi connectivity index (χ4n) is 2.78. The summed E-state index contributed by atoms with van der Waals surface area (Å²) in [4.78, 5) is 9.45. The van der Waals surface area contributed by atoms with Crippen molar-refractivity contribution < 1.29 is 9.47 Å². The van der Waals surface area contributed by atoms with E-state index in [9.17, 15) is 0 Å². The Kier molecular flexibility index (Phi) is 11.0. The van der Waals surface area contributed by atoms with Crippen molar-refractivity contribution >= 4 is 5.96 Å². The minimum absolute atomic E-state index is 0.425. The maximum absolute atomic E-state index is 5.73. The fourth-order valence-corrected chi connectivity index (χ4v) is 2.78. The molecule has 1 aliphatic heterocycles.